The maximum absolute atomic E-state index is 12.8. The van der Waals surface area contributed by atoms with Gasteiger partial charge in [-0.25, -0.2) is 13.3 Å². The highest BCUT2D eigenvalue weighted by molar-refractivity contribution is 7.81. The number of rotatable bonds is 0. The molecule has 0 saturated carbocycles. The first-order chi connectivity index (χ1) is 4.83. The Morgan fingerprint density at radius 3 is 2.73 bits per heavy atom. The number of hydrogen-bond donors (Lipinski definition) is 0. The van der Waals surface area contributed by atoms with Gasteiger partial charge in [0, 0.05) is 11.2 Å². The molecule has 0 N–H and O–H groups in total. The SMILES string of the molecule is CC1(F)COP(=O)(Cl)OC1F. The largest absolute Gasteiger partial charge is 0.427 e. The Morgan fingerprint density at radius 2 is 2.36 bits per heavy atom. The molecule has 1 aliphatic rings. The van der Waals surface area contributed by atoms with Gasteiger partial charge in [-0.05, 0) is 6.92 Å². The second-order valence-corrected chi connectivity index (χ2v) is 4.98. The van der Waals surface area contributed by atoms with Gasteiger partial charge in [-0.3, -0.25) is 9.05 Å². The van der Waals surface area contributed by atoms with Crippen molar-refractivity contribution in [2.75, 3.05) is 6.61 Å². The number of halogens is 3. The molecule has 0 aromatic heterocycles. The normalized spacial score (nSPS) is 52.5. The van der Waals surface area contributed by atoms with E-state index in [-0.39, 0.29) is 0 Å². The molecule has 0 aliphatic carbocycles. The standard InChI is InChI=1S/C4H6ClF2O3P/c1-4(7)2-9-11(5,8)10-3(4)6/h3H,2H2,1H3. The molecule has 66 valence electrons. The molecule has 0 aromatic carbocycles. The zero-order valence-corrected chi connectivity index (χ0v) is 7.24. The lowest BCUT2D eigenvalue weighted by Crippen LogP contribution is -2.40. The highest BCUT2D eigenvalue weighted by atomic mass is 35.7. The van der Waals surface area contributed by atoms with Crippen LogP contribution in [0.25, 0.3) is 0 Å². The van der Waals surface area contributed by atoms with E-state index in [4.69, 9.17) is 11.2 Å². The number of alkyl halides is 2. The van der Waals surface area contributed by atoms with Crippen molar-refractivity contribution in [2.45, 2.75) is 19.0 Å². The molecule has 1 fully saturated rings. The van der Waals surface area contributed by atoms with Crippen LogP contribution >= 0.6 is 18.2 Å². The highest BCUT2D eigenvalue weighted by Gasteiger charge is 2.47. The lowest BCUT2D eigenvalue weighted by Gasteiger charge is -2.30. The fourth-order valence-electron chi connectivity index (χ4n) is 0.520. The van der Waals surface area contributed by atoms with Gasteiger partial charge in [0.15, 0.2) is 5.67 Å². The van der Waals surface area contributed by atoms with E-state index < -0.39 is 25.6 Å². The van der Waals surface area contributed by atoms with Crippen LogP contribution in [-0.2, 0) is 13.6 Å². The Bertz CT molecular complexity index is 210. The molecule has 0 aromatic rings. The summed E-state index contributed by atoms with van der Waals surface area (Å²) in [6.07, 6.45) is -2.29. The van der Waals surface area contributed by atoms with E-state index in [2.05, 4.69) is 9.05 Å². The molecular formula is C4H6ClF2O3P. The van der Waals surface area contributed by atoms with Gasteiger partial charge < -0.3 is 0 Å². The Morgan fingerprint density at radius 1 is 1.82 bits per heavy atom. The van der Waals surface area contributed by atoms with Gasteiger partial charge in [-0.2, -0.15) is 0 Å². The van der Waals surface area contributed by atoms with Crippen molar-refractivity contribution in [3.05, 3.63) is 0 Å². The van der Waals surface area contributed by atoms with Gasteiger partial charge in [-0.1, -0.05) is 0 Å². The lowest BCUT2D eigenvalue weighted by atomic mass is 10.1. The van der Waals surface area contributed by atoms with Crippen LogP contribution in [-0.4, -0.2) is 18.6 Å². The molecular weight excluding hydrogens is 200 g/mol. The molecule has 1 aliphatic heterocycles. The second-order valence-electron chi connectivity index (χ2n) is 2.40. The summed E-state index contributed by atoms with van der Waals surface area (Å²) in [5.74, 6) is 0. The summed E-state index contributed by atoms with van der Waals surface area (Å²) >= 11 is 5.00. The van der Waals surface area contributed by atoms with E-state index in [0.29, 0.717) is 0 Å². The van der Waals surface area contributed by atoms with Gasteiger partial charge in [-0.15, -0.1) is 0 Å². The van der Waals surface area contributed by atoms with Crippen LogP contribution in [0, 0.1) is 0 Å². The summed E-state index contributed by atoms with van der Waals surface area (Å²) < 4.78 is 44.2. The monoisotopic (exact) mass is 206 g/mol. The Labute approximate surface area is 66.9 Å². The first-order valence-corrected chi connectivity index (χ1v) is 5.24. The van der Waals surface area contributed by atoms with E-state index >= 15 is 0 Å². The maximum Gasteiger partial charge on any atom is 0.427 e. The van der Waals surface area contributed by atoms with Crippen LogP contribution in [0.4, 0.5) is 8.78 Å². The first kappa shape index (κ1) is 9.39. The summed E-state index contributed by atoms with van der Waals surface area (Å²) in [5, 5.41) is 0. The summed E-state index contributed by atoms with van der Waals surface area (Å²) in [4.78, 5) is 0. The summed E-state index contributed by atoms with van der Waals surface area (Å²) in [6.45, 7) is -3.59. The minimum atomic E-state index is -3.87. The third kappa shape index (κ3) is 2.12. The van der Waals surface area contributed by atoms with Gasteiger partial charge in [0.25, 0.3) is 0 Å². The van der Waals surface area contributed by atoms with Gasteiger partial charge in [0.05, 0.1) is 6.61 Å². The van der Waals surface area contributed by atoms with Crippen molar-refractivity contribution < 1.29 is 22.4 Å². The minimum absolute atomic E-state index is 0.658. The topological polar surface area (TPSA) is 35.5 Å². The van der Waals surface area contributed by atoms with Gasteiger partial charge >= 0.3 is 6.95 Å². The average molecular weight is 207 g/mol. The predicted octanol–water partition coefficient (Wildman–Crippen LogP) is 2.40. The smallest absolute Gasteiger partial charge is 0.293 e. The molecule has 0 spiro atoms. The van der Waals surface area contributed by atoms with Gasteiger partial charge in [0.1, 0.15) is 0 Å². The Balaban J connectivity index is 2.70. The molecule has 0 amide bonds. The molecule has 3 nitrogen and oxygen atoms in total. The molecule has 0 radical (unpaired) electrons. The third-order valence-electron chi connectivity index (χ3n) is 1.19. The van der Waals surface area contributed by atoms with Crippen molar-refractivity contribution in [3.8, 4) is 0 Å². The second kappa shape index (κ2) is 2.66. The minimum Gasteiger partial charge on any atom is -0.293 e. The first-order valence-electron chi connectivity index (χ1n) is 2.79. The summed E-state index contributed by atoms with van der Waals surface area (Å²) in [6, 6.07) is 0. The molecule has 7 heteroatoms. The van der Waals surface area contributed by atoms with Crippen LogP contribution in [0.3, 0.4) is 0 Å². The fraction of sp³-hybridized carbons (Fsp3) is 1.00. The van der Waals surface area contributed by atoms with Crippen molar-refractivity contribution in [1.29, 1.82) is 0 Å². The van der Waals surface area contributed by atoms with Crippen molar-refractivity contribution in [1.82, 2.24) is 0 Å². The maximum atomic E-state index is 12.8. The van der Waals surface area contributed by atoms with E-state index in [1.807, 2.05) is 0 Å². The third-order valence-corrected chi connectivity index (χ3v) is 2.60. The highest BCUT2D eigenvalue weighted by Crippen LogP contribution is 2.59. The van der Waals surface area contributed by atoms with Crippen molar-refractivity contribution in [2.24, 2.45) is 0 Å². The molecule has 1 rings (SSSR count). The Kier molecular flexibility index (Phi) is 2.27. The van der Waals surface area contributed by atoms with Crippen LogP contribution in [0.1, 0.15) is 6.92 Å². The van der Waals surface area contributed by atoms with Crippen molar-refractivity contribution in [3.63, 3.8) is 0 Å². The van der Waals surface area contributed by atoms with E-state index in [0.717, 1.165) is 6.92 Å². The fourth-order valence-corrected chi connectivity index (χ4v) is 1.78. The van der Waals surface area contributed by atoms with E-state index in [1.54, 1.807) is 0 Å². The van der Waals surface area contributed by atoms with Crippen molar-refractivity contribution >= 4 is 18.2 Å². The zero-order valence-electron chi connectivity index (χ0n) is 5.59. The molecule has 1 heterocycles. The van der Waals surface area contributed by atoms with E-state index in [9.17, 15) is 13.3 Å². The quantitative estimate of drug-likeness (QED) is 0.571. The zero-order chi connectivity index (χ0) is 8.70. The molecule has 0 bridgehead atoms. The predicted molar refractivity (Wildman–Crippen MR) is 34.9 cm³/mol. The van der Waals surface area contributed by atoms with E-state index in [1.165, 1.54) is 0 Å². The summed E-state index contributed by atoms with van der Waals surface area (Å²) in [7, 11) is 0. The molecule has 3 atom stereocenters. The Hall–Kier alpha value is 0.300. The van der Waals surface area contributed by atoms with Gasteiger partial charge in [0.2, 0.25) is 6.36 Å². The number of hydrogen-bond acceptors (Lipinski definition) is 3. The molecule has 3 unspecified atom stereocenters. The lowest BCUT2D eigenvalue weighted by molar-refractivity contribution is -0.117. The molecule has 11 heavy (non-hydrogen) atoms. The van der Waals surface area contributed by atoms with Crippen LogP contribution in [0.15, 0.2) is 0 Å². The summed E-state index contributed by atoms with van der Waals surface area (Å²) in [5.41, 5.74) is -2.28. The van der Waals surface area contributed by atoms with Crippen LogP contribution < -0.4 is 0 Å². The average Bonchev–Trinajstić information content (AvgIpc) is 1.81. The van der Waals surface area contributed by atoms with Crippen LogP contribution in [0.5, 0.6) is 0 Å². The van der Waals surface area contributed by atoms with Crippen LogP contribution in [0.2, 0.25) is 0 Å². The molecule has 1 saturated heterocycles.